The fraction of sp³-hybridized carbons (Fsp3) is 0. The first-order chi connectivity index (χ1) is 3.71. The van der Waals surface area contributed by atoms with Gasteiger partial charge in [-0.05, 0) is 0 Å². The molecule has 0 aliphatic rings. The summed E-state index contributed by atoms with van der Waals surface area (Å²) in [7, 11) is -11.4. The van der Waals surface area contributed by atoms with Crippen molar-refractivity contribution in [3.05, 3.63) is 0 Å². The second-order valence-electron chi connectivity index (χ2n) is 0.976. The zero-order valence-corrected chi connectivity index (χ0v) is 8.22. The van der Waals surface area contributed by atoms with Gasteiger partial charge in [0.05, 0.1) is 15.6 Å². The van der Waals surface area contributed by atoms with E-state index in [2.05, 4.69) is 4.31 Å². The van der Waals surface area contributed by atoms with Crippen molar-refractivity contribution in [1.29, 1.82) is 0 Å². The zero-order chi connectivity index (χ0) is 7.71. The van der Waals surface area contributed by atoms with Gasteiger partial charge in [0, 0.05) is 0 Å². The average molecular weight is 233 g/mol. The van der Waals surface area contributed by atoms with E-state index in [1.807, 2.05) is 0 Å². The molecule has 0 heterocycles. The summed E-state index contributed by atoms with van der Waals surface area (Å²) in [5.41, 5.74) is 0. The Balaban J connectivity index is -0.000000320. The summed E-state index contributed by atoms with van der Waals surface area (Å²) in [6.07, 6.45) is 0. The third kappa shape index (κ3) is 18.4. The van der Waals surface area contributed by atoms with Gasteiger partial charge in [-0.15, -0.1) is 0 Å². The summed E-state index contributed by atoms with van der Waals surface area (Å²) in [6.45, 7) is 0. The third-order valence-electron chi connectivity index (χ3n) is 0.200. The normalized spacial score (nSPS) is 11.3. The van der Waals surface area contributed by atoms with Gasteiger partial charge in [-0.1, -0.05) is 0 Å². The zero-order valence-electron chi connectivity index (χ0n) is 5.16. The monoisotopic (exact) mass is 233 g/mol. The van der Waals surface area contributed by atoms with Gasteiger partial charge in [-0.3, -0.25) is 0 Å². The van der Waals surface area contributed by atoms with E-state index in [0.29, 0.717) is 0 Å². The molecule has 0 rings (SSSR count). The molecule has 0 fully saturated rings. The maximum atomic E-state index is 9.32. The molecule has 0 aromatic rings. The average Bonchev–Trinajstić information content (AvgIpc) is 1.14. The smallest absolute Gasteiger partial charge is 0.790 e. The summed E-state index contributed by atoms with van der Waals surface area (Å²) < 4.78 is 21.2. The van der Waals surface area contributed by atoms with E-state index >= 15 is 0 Å². The van der Waals surface area contributed by atoms with Gasteiger partial charge in [0.2, 0.25) is 0 Å². The van der Waals surface area contributed by atoms with Crippen LogP contribution in [0.25, 0.3) is 0 Å². The van der Waals surface area contributed by atoms with Crippen LogP contribution in [0.1, 0.15) is 0 Å². The van der Waals surface area contributed by atoms with Gasteiger partial charge in [0.1, 0.15) is 0 Å². The molecule has 0 saturated carbocycles. The van der Waals surface area contributed by atoms with E-state index in [-0.39, 0.29) is 36.2 Å². The van der Waals surface area contributed by atoms with Crippen LogP contribution in [0.4, 0.5) is 0 Å². The second kappa shape index (κ2) is 5.94. The van der Waals surface area contributed by atoms with Gasteiger partial charge in [-0.2, -0.15) is 0 Å². The Morgan fingerprint density at radius 1 is 0.909 bits per heavy atom. The van der Waals surface area contributed by atoms with Gasteiger partial charge in [0.15, 0.2) is 0 Å². The quantitative estimate of drug-likeness (QED) is 0.341. The van der Waals surface area contributed by atoms with Crippen molar-refractivity contribution in [2.75, 3.05) is 0 Å². The van der Waals surface area contributed by atoms with Crippen molar-refractivity contribution >= 4 is 15.6 Å². The van der Waals surface area contributed by atoms with Crippen molar-refractivity contribution in [3.8, 4) is 0 Å². The van der Waals surface area contributed by atoms with Crippen molar-refractivity contribution in [2.45, 2.75) is 0 Å². The Hall–Kier alpha value is 1.39. The molecule has 0 unspecified atom stereocenters. The Morgan fingerprint density at radius 2 is 1.09 bits per heavy atom. The van der Waals surface area contributed by atoms with Gasteiger partial charge in [0.25, 0.3) is 0 Å². The van der Waals surface area contributed by atoms with E-state index in [4.69, 9.17) is 0 Å². The summed E-state index contributed by atoms with van der Waals surface area (Å²) in [6, 6.07) is 0. The van der Waals surface area contributed by atoms with Crippen LogP contribution < -0.4 is 38.4 Å². The molecule has 59 valence electrons. The second-order valence-corrected chi connectivity index (χ2v) is 3.42. The largest absolute Gasteiger partial charge is 3.00 e. The van der Waals surface area contributed by atoms with E-state index in [1.165, 1.54) is 0 Å². The maximum absolute atomic E-state index is 9.32. The molecule has 0 amide bonds. The van der Waals surface area contributed by atoms with E-state index < -0.39 is 15.6 Å². The molecule has 0 N–H and O–H groups in total. The van der Waals surface area contributed by atoms with E-state index in [9.17, 15) is 28.7 Å². The van der Waals surface area contributed by atoms with E-state index in [0.717, 1.165) is 0 Å². The molecule has 0 atom stereocenters. The van der Waals surface area contributed by atoms with Gasteiger partial charge >= 0.3 is 36.2 Å². The molecule has 0 aromatic heterocycles. The Bertz CT molecular complexity index is 157. The Labute approximate surface area is 84.9 Å². The van der Waals surface area contributed by atoms with Crippen LogP contribution in [0.3, 0.4) is 0 Å². The molecule has 0 aromatic carbocycles. The minimum absolute atomic E-state index is 0. The molecule has 11 heteroatoms. The molecular formula is CrLiO7P2. The topological polar surface area (TPSA) is 136 Å². The first kappa shape index (κ1) is 18.2. The Kier molecular flexibility index (Phi) is 9.84. The first-order valence-electron chi connectivity index (χ1n) is 1.46. The number of hydrogen-bond acceptors (Lipinski definition) is 7. The molecule has 7 nitrogen and oxygen atoms in total. The number of phosphoric acid groups is 2. The maximum Gasteiger partial charge on any atom is 3.00 e. The SMILES string of the molecule is O=P([O-])([O-])OP(=O)([O-])[O-].[Cr+3].[Li+]. The fourth-order valence-electron chi connectivity index (χ4n) is 0.122. The molecule has 11 heavy (non-hydrogen) atoms. The van der Waals surface area contributed by atoms with Crippen LogP contribution in [-0.2, 0) is 30.8 Å². The predicted octanol–water partition coefficient (Wildman–Crippen LogP) is -6.34. The standard InChI is InChI=1S/Cr.Li.H4O7P2/c;;1-8(2,3)7-9(4,5)6/h;;(H2,1,2,3)(H2,4,5,6)/q+3;+1;/p-4. The van der Waals surface area contributed by atoms with Crippen molar-refractivity contribution < 1.29 is 69.2 Å². The first-order valence-corrected chi connectivity index (χ1v) is 4.38. The van der Waals surface area contributed by atoms with Crippen molar-refractivity contribution in [2.24, 2.45) is 0 Å². The number of hydrogen-bond donors (Lipinski definition) is 0. The molecule has 0 aliphatic carbocycles. The molecule has 0 bridgehead atoms. The summed E-state index contributed by atoms with van der Waals surface area (Å²) >= 11 is 0. The van der Waals surface area contributed by atoms with Crippen LogP contribution in [0, 0.1) is 0 Å². The van der Waals surface area contributed by atoms with Crippen molar-refractivity contribution in [3.63, 3.8) is 0 Å². The van der Waals surface area contributed by atoms with Crippen LogP contribution in [-0.4, -0.2) is 0 Å². The van der Waals surface area contributed by atoms with Crippen LogP contribution in [0.15, 0.2) is 0 Å². The minimum Gasteiger partial charge on any atom is -0.790 e. The molecule has 0 saturated heterocycles. The van der Waals surface area contributed by atoms with Crippen LogP contribution in [0.2, 0.25) is 0 Å². The van der Waals surface area contributed by atoms with E-state index in [1.54, 1.807) is 0 Å². The molecule has 0 spiro atoms. The van der Waals surface area contributed by atoms with Crippen LogP contribution >= 0.6 is 15.6 Å². The fourth-order valence-corrected chi connectivity index (χ4v) is 1.10. The van der Waals surface area contributed by atoms with Gasteiger partial charge < -0.3 is 33.0 Å². The summed E-state index contributed by atoms with van der Waals surface area (Å²) in [5.74, 6) is 0. The molecule has 1 radical (unpaired) electrons. The molecular weight excluding hydrogens is 233 g/mol. The van der Waals surface area contributed by atoms with Crippen LogP contribution in [0.5, 0.6) is 0 Å². The van der Waals surface area contributed by atoms with Crippen molar-refractivity contribution in [1.82, 2.24) is 0 Å². The number of rotatable bonds is 2. The minimum atomic E-state index is -5.68. The third-order valence-corrected chi connectivity index (χ3v) is 1.80. The van der Waals surface area contributed by atoms with Gasteiger partial charge in [-0.25, -0.2) is 0 Å². The predicted molar refractivity (Wildman–Crippen MR) is 16.3 cm³/mol. The molecule has 0 aliphatic heterocycles. The summed E-state index contributed by atoms with van der Waals surface area (Å²) in [5, 5.41) is 0. The Morgan fingerprint density at radius 3 is 1.09 bits per heavy atom. The summed E-state index contributed by atoms with van der Waals surface area (Å²) in [4.78, 5) is 37.3.